The molecule has 0 bridgehead atoms. The van der Waals surface area contributed by atoms with E-state index in [1.54, 1.807) is 18.2 Å². The molecule has 0 saturated heterocycles. The minimum atomic E-state index is -0.421. The highest BCUT2D eigenvalue weighted by atomic mass is 32.1. The first-order valence-electron chi connectivity index (χ1n) is 8.59. The van der Waals surface area contributed by atoms with E-state index in [1.807, 2.05) is 23.6 Å². The number of fused-ring (bicyclic) bond motifs is 1. The molecule has 4 aromatic rings. The van der Waals surface area contributed by atoms with Gasteiger partial charge in [-0.2, -0.15) is 0 Å². The Morgan fingerprint density at radius 3 is 2.50 bits per heavy atom. The van der Waals surface area contributed by atoms with Gasteiger partial charge in [-0.25, -0.2) is 9.78 Å². The van der Waals surface area contributed by atoms with E-state index in [0.717, 1.165) is 11.3 Å². The van der Waals surface area contributed by atoms with Gasteiger partial charge in [-0.3, -0.25) is 0 Å². The molecule has 4 nitrogen and oxygen atoms in total. The second-order valence-corrected chi connectivity index (χ2v) is 7.36. The fourth-order valence-electron chi connectivity index (χ4n) is 2.95. The number of hydrogen-bond donors (Lipinski definition) is 1. The Hall–Kier alpha value is -3.09. The van der Waals surface area contributed by atoms with Crippen LogP contribution in [0, 0.1) is 0 Å². The van der Waals surface area contributed by atoms with Gasteiger partial charge in [0.15, 0.2) is 5.13 Å². The summed E-state index contributed by atoms with van der Waals surface area (Å²) in [5.74, 6) is -0.421. The third-order valence-electron chi connectivity index (χ3n) is 4.35. The first kappa shape index (κ1) is 18.3. The van der Waals surface area contributed by atoms with E-state index in [1.165, 1.54) is 29.2 Å². The Morgan fingerprint density at radius 1 is 1.00 bits per heavy atom. The van der Waals surface area contributed by atoms with Gasteiger partial charge in [-0.15, -0.1) is 11.3 Å². The van der Waals surface area contributed by atoms with Crippen LogP contribution in [-0.4, -0.2) is 23.1 Å². The zero-order chi connectivity index (χ0) is 19.5. The zero-order valence-corrected chi connectivity index (χ0v) is 16.6. The summed E-state index contributed by atoms with van der Waals surface area (Å²) in [5, 5.41) is 8.16. The largest absolute Gasteiger partial charge is 0.465 e. The quantitative estimate of drug-likeness (QED) is 0.358. The lowest BCUT2D eigenvalue weighted by Crippen LogP contribution is -2.16. The first-order valence-corrected chi connectivity index (χ1v) is 9.88. The molecule has 1 aromatic heterocycles. The van der Waals surface area contributed by atoms with Crippen LogP contribution in [0.3, 0.4) is 0 Å². The third-order valence-corrected chi connectivity index (χ3v) is 5.43. The monoisotopic (exact) mass is 404 g/mol. The number of nitrogens with zero attached hydrogens (tertiary/aromatic N) is 1. The lowest BCUT2D eigenvalue weighted by atomic mass is 10.1. The molecule has 0 aliphatic rings. The average molecular weight is 405 g/mol. The Labute approximate surface area is 171 Å². The lowest BCUT2D eigenvalue weighted by molar-refractivity contribution is 0.0600. The maximum absolute atomic E-state index is 12.0. The summed E-state index contributed by atoms with van der Waals surface area (Å²) in [6.07, 6.45) is 0. The minimum Gasteiger partial charge on any atom is -0.465 e. The molecular formula is C22H16N2O2S2. The van der Waals surface area contributed by atoms with E-state index in [0.29, 0.717) is 21.2 Å². The molecule has 0 amide bonds. The van der Waals surface area contributed by atoms with Gasteiger partial charge in [0.1, 0.15) is 4.99 Å². The van der Waals surface area contributed by atoms with Crippen molar-refractivity contribution in [2.45, 2.75) is 0 Å². The summed E-state index contributed by atoms with van der Waals surface area (Å²) in [6, 6.07) is 21.6. The molecule has 3 aromatic carbocycles. The van der Waals surface area contributed by atoms with Crippen molar-refractivity contribution in [3.05, 3.63) is 83.2 Å². The van der Waals surface area contributed by atoms with Crippen molar-refractivity contribution >= 4 is 50.4 Å². The molecule has 1 heterocycles. The number of hydrogen-bond acceptors (Lipinski definition) is 5. The van der Waals surface area contributed by atoms with E-state index < -0.39 is 5.97 Å². The van der Waals surface area contributed by atoms with Gasteiger partial charge in [-0.1, -0.05) is 66.8 Å². The zero-order valence-electron chi connectivity index (χ0n) is 15.0. The van der Waals surface area contributed by atoms with Gasteiger partial charge >= 0.3 is 5.97 Å². The molecule has 0 spiro atoms. The van der Waals surface area contributed by atoms with E-state index >= 15 is 0 Å². The summed E-state index contributed by atoms with van der Waals surface area (Å²) in [5.41, 5.74) is 2.96. The average Bonchev–Trinajstić information content (AvgIpc) is 3.21. The van der Waals surface area contributed by atoms with Crippen molar-refractivity contribution in [2.75, 3.05) is 12.4 Å². The molecule has 0 radical (unpaired) electrons. The summed E-state index contributed by atoms with van der Waals surface area (Å²) in [4.78, 5) is 17.0. The molecule has 0 aliphatic heterocycles. The van der Waals surface area contributed by atoms with Gasteiger partial charge in [0.05, 0.1) is 18.4 Å². The summed E-state index contributed by atoms with van der Waals surface area (Å²) in [6.45, 7) is 0. The van der Waals surface area contributed by atoms with Crippen LogP contribution in [-0.2, 0) is 4.74 Å². The van der Waals surface area contributed by atoms with Crippen LogP contribution in [0.2, 0.25) is 0 Å². The fraction of sp³-hybridized carbons (Fsp3) is 0.0455. The first-order chi connectivity index (χ1) is 13.7. The van der Waals surface area contributed by atoms with Gasteiger partial charge in [0.2, 0.25) is 0 Å². The molecule has 4 rings (SSSR count). The van der Waals surface area contributed by atoms with Crippen LogP contribution < -0.4 is 5.32 Å². The third kappa shape index (κ3) is 3.65. The number of aromatic nitrogens is 1. The second kappa shape index (κ2) is 7.88. The number of ether oxygens (including phenoxy) is 1. The number of thiocarbonyl (C=S) groups is 1. The maximum Gasteiger partial charge on any atom is 0.338 e. The fourth-order valence-corrected chi connectivity index (χ4v) is 4.01. The topological polar surface area (TPSA) is 51.2 Å². The van der Waals surface area contributed by atoms with E-state index in [-0.39, 0.29) is 0 Å². The predicted molar refractivity (Wildman–Crippen MR) is 118 cm³/mol. The highest BCUT2D eigenvalue weighted by Gasteiger charge is 2.15. The van der Waals surface area contributed by atoms with Crippen LogP contribution in [0.5, 0.6) is 0 Å². The predicted octanol–water partition coefficient (Wildman–Crippen LogP) is 5.54. The second-order valence-electron chi connectivity index (χ2n) is 6.09. The molecule has 0 aliphatic carbocycles. The van der Waals surface area contributed by atoms with Crippen molar-refractivity contribution in [1.82, 2.24) is 4.98 Å². The number of anilines is 1. The number of carbonyl (C=O) groups is 1. The summed E-state index contributed by atoms with van der Waals surface area (Å²) >= 11 is 6.96. The molecule has 0 atom stereocenters. The smallest absolute Gasteiger partial charge is 0.338 e. The number of esters is 1. The minimum absolute atomic E-state index is 0.421. The molecule has 0 fully saturated rings. The van der Waals surface area contributed by atoms with Crippen LogP contribution >= 0.6 is 23.6 Å². The molecule has 0 unspecified atom stereocenters. The van der Waals surface area contributed by atoms with Crippen molar-refractivity contribution in [3.63, 3.8) is 0 Å². The standard InChI is InChI=1S/C22H16N2O2S2/c1-26-21(25)18-9-5-4-8-17(18)20(27)24-22-23-19(13-28-22)16-11-10-14-6-2-3-7-15(14)12-16/h2-13H,1H3,(H,23,24,27). The molecule has 28 heavy (non-hydrogen) atoms. The summed E-state index contributed by atoms with van der Waals surface area (Å²) < 4.78 is 4.84. The molecule has 1 N–H and O–H groups in total. The van der Waals surface area contributed by atoms with E-state index in [4.69, 9.17) is 17.0 Å². The van der Waals surface area contributed by atoms with Crippen LogP contribution in [0.25, 0.3) is 22.0 Å². The Morgan fingerprint density at radius 2 is 1.71 bits per heavy atom. The van der Waals surface area contributed by atoms with Gasteiger partial charge < -0.3 is 10.1 Å². The molecular weight excluding hydrogens is 388 g/mol. The Kier molecular flexibility index (Phi) is 5.14. The number of thiazole rings is 1. The maximum atomic E-state index is 12.0. The molecule has 0 saturated carbocycles. The SMILES string of the molecule is COC(=O)c1ccccc1C(=S)Nc1nc(-c2ccc3ccccc3c2)cs1. The number of rotatable bonds is 4. The number of nitrogens with one attached hydrogen (secondary N) is 1. The van der Waals surface area contributed by atoms with Crippen molar-refractivity contribution < 1.29 is 9.53 Å². The van der Waals surface area contributed by atoms with Gasteiger partial charge in [0, 0.05) is 16.5 Å². The lowest BCUT2D eigenvalue weighted by Gasteiger charge is -2.09. The van der Waals surface area contributed by atoms with Crippen LogP contribution in [0.4, 0.5) is 5.13 Å². The van der Waals surface area contributed by atoms with Crippen LogP contribution in [0.15, 0.2) is 72.1 Å². The molecule has 6 heteroatoms. The van der Waals surface area contributed by atoms with Crippen molar-refractivity contribution in [3.8, 4) is 11.3 Å². The summed E-state index contributed by atoms with van der Waals surface area (Å²) in [7, 11) is 1.35. The highest BCUT2D eigenvalue weighted by molar-refractivity contribution is 7.81. The van der Waals surface area contributed by atoms with E-state index in [9.17, 15) is 4.79 Å². The van der Waals surface area contributed by atoms with Gasteiger partial charge in [0.25, 0.3) is 0 Å². The number of carbonyl (C=O) groups excluding carboxylic acids is 1. The van der Waals surface area contributed by atoms with E-state index in [2.05, 4.69) is 40.6 Å². The van der Waals surface area contributed by atoms with Crippen molar-refractivity contribution in [1.29, 1.82) is 0 Å². The Balaban J connectivity index is 1.58. The van der Waals surface area contributed by atoms with Crippen molar-refractivity contribution in [2.24, 2.45) is 0 Å². The molecule has 138 valence electrons. The number of benzene rings is 3. The van der Waals surface area contributed by atoms with Crippen LogP contribution in [0.1, 0.15) is 15.9 Å². The Bertz CT molecular complexity index is 1180. The highest BCUT2D eigenvalue weighted by Crippen LogP contribution is 2.28. The normalized spacial score (nSPS) is 10.6. The van der Waals surface area contributed by atoms with Gasteiger partial charge in [-0.05, 0) is 22.9 Å². The number of methoxy groups -OCH3 is 1.